The van der Waals surface area contributed by atoms with Gasteiger partial charge in [-0.2, -0.15) is 0 Å². The SMILES string of the molecule is COc1ccccc1NC(=O)[C@@H](C)Oc1ccccc1F. The number of nitrogens with one attached hydrogen (secondary N) is 1. The van der Waals surface area contributed by atoms with Gasteiger partial charge in [0.15, 0.2) is 17.7 Å². The second-order valence-electron chi connectivity index (χ2n) is 4.38. The number of hydrogen-bond donors (Lipinski definition) is 1. The maximum Gasteiger partial charge on any atom is 0.265 e. The molecule has 5 heteroatoms. The van der Waals surface area contributed by atoms with Gasteiger partial charge in [0.1, 0.15) is 5.75 Å². The monoisotopic (exact) mass is 289 g/mol. The summed E-state index contributed by atoms with van der Waals surface area (Å²) >= 11 is 0. The molecule has 1 atom stereocenters. The predicted molar refractivity (Wildman–Crippen MR) is 78.1 cm³/mol. The molecule has 1 amide bonds. The largest absolute Gasteiger partial charge is 0.495 e. The van der Waals surface area contributed by atoms with Crippen LogP contribution in [0.5, 0.6) is 11.5 Å². The minimum Gasteiger partial charge on any atom is -0.495 e. The Labute approximate surface area is 122 Å². The number of para-hydroxylation sites is 3. The molecule has 0 aliphatic carbocycles. The highest BCUT2D eigenvalue weighted by atomic mass is 19.1. The van der Waals surface area contributed by atoms with Crippen LogP contribution in [0.4, 0.5) is 10.1 Å². The smallest absolute Gasteiger partial charge is 0.265 e. The minimum atomic E-state index is -0.841. The summed E-state index contributed by atoms with van der Waals surface area (Å²) in [5.41, 5.74) is 0.536. The normalized spacial score (nSPS) is 11.6. The quantitative estimate of drug-likeness (QED) is 0.919. The van der Waals surface area contributed by atoms with Gasteiger partial charge >= 0.3 is 0 Å². The fourth-order valence-corrected chi connectivity index (χ4v) is 1.77. The zero-order chi connectivity index (χ0) is 15.2. The molecular weight excluding hydrogens is 273 g/mol. The summed E-state index contributed by atoms with van der Waals surface area (Å²) in [6.07, 6.45) is -0.841. The lowest BCUT2D eigenvalue weighted by Crippen LogP contribution is -2.30. The van der Waals surface area contributed by atoms with E-state index in [9.17, 15) is 9.18 Å². The number of amides is 1. The third-order valence-electron chi connectivity index (χ3n) is 2.87. The van der Waals surface area contributed by atoms with Crippen molar-refractivity contribution in [2.24, 2.45) is 0 Å². The van der Waals surface area contributed by atoms with Crippen molar-refractivity contribution in [3.8, 4) is 11.5 Å². The number of ether oxygens (including phenoxy) is 2. The lowest BCUT2D eigenvalue weighted by molar-refractivity contribution is -0.122. The van der Waals surface area contributed by atoms with E-state index in [1.54, 1.807) is 43.3 Å². The summed E-state index contributed by atoms with van der Waals surface area (Å²) in [7, 11) is 1.52. The van der Waals surface area contributed by atoms with Gasteiger partial charge in [-0.1, -0.05) is 24.3 Å². The van der Waals surface area contributed by atoms with E-state index in [1.807, 2.05) is 0 Å². The molecule has 0 aliphatic rings. The summed E-state index contributed by atoms with van der Waals surface area (Å²) in [5, 5.41) is 2.69. The number of carbonyl (C=O) groups excluding carboxylic acids is 1. The van der Waals surface area contributed by atoms with E-state index >= 15 is 0 Å². The van der Waals surface area contributed by atoms with Crippen LogP contribution in [0, 0.1) is 5.82 Å². The van der Waals surface area contributed by atoms with Gasteiger partial charge in [0, 0.05) is 0 Å². The number of benzene rings is 2. The number of rotatable bonds is 5. The van der Waals surface area contributed by atoms with Crippen molar-refractivity contribution in [1.29, 1.82) is 0 Å². The third-order valence-corrected chi connectivity index (χ3v) is 2.87. The van der Waals surface area contributed by atoms with Crippen LogP contribution in [0.1, 0.15) is 6.92 Å². The van der Waals surface area contributed by atoms with Gasteiger partial charge in [0.05, 0.1) is 12.8 Å². The summed E-state index contributed by atoms with van der Waals surface area (Å²) in [6, 6.07) is 13.0. The Morgan fingerprint density at radius 1 is 1.10 bits per heavy atom. The van der Waals surface area contributed by atoms with Crippen molar-refractivity contribution < 1.29 is 18.7 Å². The lowest BCUT2D eigenvalue weighted by atomic mass is 10.2. The Kier molecular flexibility index (Phi) is 4.77. The van der Waals surface area contributed by atoms with Crippen LogP contribution in [0.15, 0.2) is 48.5 Å². The molecule has 0 aliphatic heterocycles. The van der Waals surface area contributed by atoms with Gasteiger partial charge in [-0.25, -0.2) is 4.39 Å². The van der Waals surface area contributed by atoms with E-state index in [0.717, 1.165) is 0 Å². The second kappa shape index (κ2) is 6.74. The fraction of sp³-hybridized carbons (Fsp3) is 0.188. The Morgan fingerprint density at radius 3 is 2.38 bits per heavy atom. The number of anilines is 1. The average Bonchev–Trinajstić information content (AvgIpc) is 2.50. The van der Waals surface area contributed by atoms with E-state index in [0.29, 0.717) is 11.4 Å². The van der Waals surface area contributed by atoms with Gasteiger partial charge in [-0.05, 0) is 31.2 Å². The van der Waals surface area contributed by atoms with Gasteiger partial charge < -0.3 is 14.8 Å². The summed E-state index contributed by atoms with van der Waals surface area (Å²) in [6.45, 7) is 1.55. The Hall–Kier alpha value is -2.56. The molecular formula is C16H16FNO3. The van der Waals surface area contributed by atoms with Crippen LogP contribution < -0.4 is 14.8 Å². The first-order valence-corrected chi connectivity index (χ1v) is 6.47. The van der Waals surface area contributed by atoms with Crippen molar-refractivity contribution in [3.63, 3.8) is 0 Å². The predicted octanol–water partition coefficient (Wildman–Crippen LogP) is 3.24. The fourth-order valence-electron chi connectivity index (χ4n) is 1.77. The van der Waals surface area contributed by atoms with E-state index < -0.39 is 11.9 Å². The molecule has 2 rings (SSSR count). The molecule has 4 nitrogen and oxygen atoms in total. The zero-order valence-corrected chi connectivity index (χ0v) is 11.8. The number of methoxy groups -OCH3 is 1. The van der Waals surface area contributed by atoms with E-state index in [-0.39, 0.29) is 11.7 Å². The van der Waals surface area contributed by atoms with E-state index in [2.05, 4.69) is 5.32 Å². The maximum absolute atomic E-state index is 13.5. The maximum atomic E-state index is 13.5. The molecule has 0 aromatic heterocycles. The minimum absolute atomic E-state index is 0.0418. The van der Waals surface area contributed by atoms with Crippen molar-refractivity contribution in [3.05, 3.63) is 54.3 Å². The lowest BCUT2D eigenvalue weighted by Gasteiger charge is -2.16. The molecule has 2 aromatic rings. The highest BCUT2D eigenvalue weighted by Crippen LogP contribution is 2.24. The highest BCUT2D eigenvalue weighted by Gasteiger charge is 2.17. The molecule has 0 heterocycles. The van der Waals surface area contributed by atoms with Crippen molar-refractivity contribution in [2.75, 3.05) is 12.4 Å². The summed E-state index contributed by atoms with van der Waals surface area (Å²) in [5.74, 6) is -0.304. The Balaban J connectivity index is 2.05. The molecule has 0 bridgehead atoms. The summed E-state index contributed by atoms with van der Waals surface area (Å²) < 4.78 is 24.0. The first-order valence-electron chi connectivity index (χ1n) is 6.47. The molecule has 0 fully saturated rings. The van der Waals surface area contributed by atoms with Crippen LogP contribution in [0.2, 0.25) is 0 Å². The van der Waals surface area contributed by atoms with Crippen molar-refractivity contribution >= 4 is 11.6 Å². The molecule has 2 aromatic carbocycles. The molecule has 0 saturated heterocycles. The van der Waals surface area contributed by atoms with Crippen molar-refractivity contribution in [1.82, 2.24) is 0 Å². The zero-order valence-electron chi connectivity index (χ0n) is 11.8. The second-order valence-corrected chi connectivity index (χ2v) is 4.38. The van der Waals surface area contributed by atoms with E-state index in [4.69, 9.17) is 9.47 Å². The van der Waals surface area contributed by atoms with Crippen molar-refractivity contribution in [2.45, 2.75) is 13.0 Å². The van der Waals surface area contributed by atoms with Gasteiger partial charge in [-0.15, -0.1) is 0 Å². The molecule has 0 radical (unpaired) electrons. The highest BCUT2D eigenvalue weighted by molar-refractivity contribution is 5.95. The molecule has 1 N–H and O–H groups in total. The average molecular weight is 289 g/mol. The van der Waals surface area contributed by atoms with Crippen LogP contribution >= 0.6 is 0 Å². The Bertz CT molecular complexity index is 630. The molecule has 0 unspecified atom stereocenters. The number of halogens is 1. The first-order chi connectivity index (χ1) is 10.1. The molecule has 0 saturated carbocycles. The topological polar surface area (TPSA) is 47.6 Å². The third kappa shape index (κ3) is 3.72. The standard InChI is InChI=1S/C16H16FNO3/c1-11(21-14-9-5-3-7-12(14)17)16(19)18-13-8-4-6-10-15(13)20-2/h3-11H,1-2H3,(H,18,19)/t11-/m1/s1. The van der Waals surface area contributed by atoms with Crippen LogP contribution in [-0.4, -0.2) is 19.1 Å². The Morgan fingerprint density at radius 2 is 1.71 bits per heavy atom. The van der Waals surface area contributed by atoms with Gasteiger partial charge in [0.25, 0.3) is 5.91 Å². The van der Waals surface area contributed by atoms with Gasteiger partial charge in [0.2, 0.25) is 0 Å². The summed E-state index contributed by atoms with van der Waals surface area (Å²) in [4.78, 5) is 12.1. The molecule has 0 spiro atoms. The number of hydrogen-bond acceptors (Lipinski definition) is 3. The number of carbonyl (C=O) groups is 1. The van der Waals surface area contributed by atoms with E-state index in [1.165, 1.54) is 19.2 Å². The molecule has 21 heavy (non-hydrogen) atoms. The van der Waals surface area contributed by atoms with Crippen LogP contribution in [0.3, 0.4) is 0 Å². The van der Waals surface area contributed by atoms with Gasteiger partial charge in [-0.3, -0.25) is 4.79 Å². The first kappa shape index (κ1) is 14.8. The van der Waals surface area contributed by atoms with Crippen LogP contribution in [0.25, 0.3) is 0 Å². The molecule has 110 valence electrons. The van der Waals surface area contributed by atoms with Crippen LogP contribution in [-0.2, 0) is 4.79 Å².